The summed E-state index contributed by atoms with van der Waals surface area (Å²) in [4.78, 5) is 26.9. The van der Waals surface area contributed by atoms with E-state index < -0.39 is 11.6 Å². The van der Waals surface area contributed by atoms with Crippen LogP contribution in [0.5, 0.6) is 0 Å². The van der Waals surface area contributed by atoms with Crippen LogP contribution in [0.2, 0.25) is 5.02 Å². The van der Waals surface area contributed by atoms with E-state index >= 15 is 0 Å². The topological polar surface area (TPSA) is 88.3 Å². The first-order chi connectivity index (χ1) is 13.9. The lowest BCUT2D eigenvalue weighted by molar-refractivity contribution is -0.132. The van der Waals surface area contributed by atoms with Crippen molar-refractivity contribution in [1.82, 2.24) is 20.4 Å². The van der Waals surface area contributed by atoms with Gasteiger partial charge in [0.2, 0.25) is 11.8 Å². The van der Waals surface area contributed by atoms with Crippen LogP contribution in [0.15, 0.2) is 52.9 Å². The van der Waals surface area contributed by atoms with Crippen molar-refractivity contribution in [2.24, 2.45) is 0 Å². The van der Waals surface area contributed by atoms with Crippen molar-refractivity contribution in [1.29, 1.82) is 0 Å². The van der Waals surface area contributed by atoms with E-state index in [2.05, 4.69) is 15.5 Å². The predicted molar refractivity (Wildman–Crippen MR) is 107 cm³/mol. The van der Waals surface area contributed by atoms with Crippen LogP contribution in [0.4, 0.5) is 4.79 Å². The SMILES string of the molecule is CCC1(c2ccc(Cl)cc2)NC(=O)N(Cc2nnc(-c3ccc(C)cc3)o2)C1=O. The number of hydrogen-bond donors (Lipinski definition) is 1. The molecule has 2 heterocycles. The minimum absolute atomic E-state index is 0.0983. The van der Waals surface area contributed by atoms with Gasteiger partial charge in [-0.3, -0.25) is 9.69 Å². The lowest BCUT2D eigenvalue weighted by Crippen LogP contribution is -2.43. The Bertz CT molecular complexity index is 1060. The molecule has 0 radical (unpaired) electrons. The number of urea groups is 1. The maximum atomic E-state index is 13.2. The fraction of sp³-hybridized carbons (Fsp3) is 0.238. The van der Waals surface area contributed by atoms with Gasteiger partial charge in [-0.05, 0) is 43.2 Å². The Morgan fingerprint density at radius 3 is 2.41 bits per heavy atom. The quantitative estimate of drug-likeness (QED) is 0.641. The Morgan fingerprint density at radius 1 is 1.07 bits per heavy atom. The van der Waals surface area contributed by atoms with E-state index in [0.29, 0.717) is 22.9 Å². The first-order valence-electron chi connectivity index (χ1n) is 9.22. The molecule has 3 amide bonds. The number of aromatic nitrogens is 2. The average molecular weight is 411 g/mol. The summed E-state index contributed by atoms with van der Waals surface area (Å²) in [5.41, 5.74) is 1.43. The number of nitrogens with one attached hydrogen (secondary N) is 1. The lowest BCUT2D eigenvalue weighted by atomic mass is 9.87. The molecule has 2 aromatic carbocycles. The molecule has 1 fully saturated rings. The maximum absolute atomic E-state index is 13.2. The Hall–Kier alpha value is -3.19. The predicted octanol–water partition coefficient (Wildman–Crippen LogP) is 4.06. The van der Waals surface area contributed by atoms with Crippen molar-refractivity contribution in [3.05, 3.63) is 70.6 Å². The zero-order chi connectivity index (χ0) is 20.6. The Morgan fingerprint density at radius 2 is 1.76 bits per heavy atom. The van der Waals surface area contributed by atoms with Gasteiger partial charge in [0.15, 0.2) is 0 Å². The molecule has 4 rings (SSSR count). The summed E-state index contributed by atoms with van der Waals surface area (Å²) < 4.78 is 5.68. The summed E-state index contributed by atoms with van der Waals surface area (Å²) in [7, 11) is 0. The first kappa shape index (κ1) is 19.1. The highest BCUT2D eigenvalue weighted by molar-refractivity contribution is 6.30. The van der Waals surface area contributed by atoms with Gasteiger partial charge >= 0.3 is 6.03 Å². The molecule has 1 N–H and O–H groups in total. The molecule has 1 saturated heterocycles. The van der Waals surface area contributed by atoms with Crippen LogP contribution in [0.3, 0.4) is 0 Å². The number of halogens is 1. The van der Waals surface area contributed by atoms with E-state index in [0.717, 1.165) is 16.0 Å². The summed E-state index contributed by atoms with van der Waals surface area (Å²) in [6.07, 6.45) is 0.397. The van der Waals surface area contributed by atoms with Gasteiger partial charge in [0.1, 0.15) is 12.1 Å². The minimum Gasteiger partial charge on any atom is -0.419 e. The van der Waals surface area contributed by atoms with Gasteiger partial charge in [-0.15, -0.1) is 10.2 Å². The molecule has 3 aromatic rings. The molecule has 1 aliphatic heterocycles. The Kier molecular flexibility index (Phi) is 4.84. The second kappa shape index (κ2) is 7.33. The third-order valence-corrected chi connectivity index (χ3v) is 5.35. The fourth-order valence-electron chi connectivity index (χ4n) is 3.41. The van der Waals surface area contributed by atoms with Gasteiger partial charge in [-0.2, -0.15) is 0 Å². The van der Waals surface area contributed by atoms with Crippen LogP contribution < -0.4 is 5.32 Å². The van der Waals surface area contributed by atoms with Crippen molar-refractivity contribution in [3.63, 3.8) is 0 Å². The van der Waals surface area contributed by atoms with Crippen LogP contribution in [0.1, 0.15) is 30.4 Å². The molecular weight excluding hydrogens is 392 g/mol. The third-order valence-electron chi connectivity index (χ3n) is 5.10. The van der Waals surface area contributed by atoms with Gasteiger partial charge in [-0.1, -0.05) is 48.4 Å². The first-order valence-corrected chi connectivity index (χ1v) is 9.60. The normalized spacial score (nSPS) is 18.9. The highest BCUT2D eigenvalue weighted by Gasteiger charge is 2.51. The summed E-state index contributed by atoms with van der Waals surface area (Å²) in [5, 5.41) is 11.4. The number of carbonyl (C=O) groups excluding carboxylic acids is 2. The Balaban J connectivity index is 1.58. The van der Waals surface area contributed by atoms with Gasteiger partial charge in [0.25, 0.3) is 5.91 Å². The van der Waals surface area contributed by atoms with E-state index in [9.17, 15) is 9.59 Å². The van der Waals surface area contributed by atoms with Crippen molar-refractivity contribution in [3.8, 4) is 11.5 Å². The number of rotatable bonds is 5. The summed E-state index contributed by atoms with van der Waals surface area (Å²) >= 11 is 5.96. The molecule has 0 saturated carbocycles. The van der Waals surface area contributed by atoms with Crippen molar-refractivity contribution >= 4 is 23.5 Å². The summed E-state index contributed by atoms with van der Waals surface area (Å²) in [6.45, 7) is 3.73. The summed E-state index contributed by atoms with van der Waals surface area (Å²) in [5.74, 6) is 0.168. The van der Waals surface area contributed by atoms with Crippen molar-refractivity contribution < 1.29 is 14.0 Å². The number of carbonyl (C=O) groups is 2. The fourth-order valence-corrected chi connectivity index (χ4v) is 3.54. The lowest BCUT2D eigenvalue weighted by Gasteiger charge is -2.25. The highest BCUT2D eigenvalue weighted by Crippen LogP contribution is 2.34. The van der Waals surface area contributed by atoms with Gasteiger partial charge in [0.05, 0.1) is 0 Å². The number of hydrogen-bond acceptors (Lipinski definition) is 5. The largest absolute Gasteiger partial charge is 0.419 e. The maximum Gasteiger partial charge on any atom is 0.325 e. The van der Waals surface area contributed by atoms with E-state index in [1.54, 1.807) is 24.3 Å². The van der Waals surface area contributed by atoms with Crippen molar-refractivity contribution in [2.45, 2.75) is 32.4 Å². The van der Waals surface area contributed by atoms with Crippen LogP contribution >= 0.6 is 11.6 Å². The van der Waals surface area contributed by atoms with Crippen LogP contribution in [-0.4, -0.2) is 27.0 Å². The van der Waals surface area contributed by atoms with Gasteiger partial charge < -0.3 is 9.73 Å². The smallest absolute Gasteiger partial charge is 0.325 e. The van der Waals surface area contributed by atoms with Gasteiger partial charge in [-0.25, -0.2) is 4.79 Å². The zero-order valence-electron chi connectivity index (χ0n) is 16.0. The standard InChI is InChI=1S/C21H19ClN4O3/c1-3-21(15-8-10-16(22)11-9-15)19(27)26(20(28)23-21)12-17-24-25-18(29-17)14-6-4-13(2)5-7-14/h4-11H,3,12H2,1-2H3,(H,23,28). The van der Waals surface area contributed by atoms with E-state index in [1.807, 2.05) is 38.1 Å². The second-order valence-corrected chi connectivity index (χ2v) is 7.39. The number of aryl methyl sites for hydroxylation is 1. The monoisotopic (exact) mass is 410 g/mol. The average Bonchev–Trinajstić information content (AvgIpc) is 3.28. The van der Waals surface area contributed by atoms with E-state index in [1.165, 1.54) is 0 Å². The molecule has 1 atom stereocenters. The second-order valence-electron chi connectivity index (χ2n) is 6.95. The van der Waals surface area contributed by atoms with Crippen molar-refractivity contribution in [2.75, 3.05) is 0 Å². The summed E-state index contributed by atoms with van der Waals surface area (Å²) in [6, 6.07) is 14.0. The Labute approximate surface area is 172 Å². The van der Waals surface area contributed by atoms with E-state index in [-0.39, 0.29) is 18.3 Å². The molecule has 0 aliphatic carbocycles. The molecule has 8 heteroatoms. The molecule has 7 nitrogen and oxygen atoms in total. The van der Waals surface area contributed by atoms with E-state index in [4.69, 9.17) is 16.0 Å². The number of amides is 3. The van der Waals surface area contributed by atoms with Crippen LogP contribution in [-0.2, 0) is 16.9 Å². The zero-order valence-corrected chi connectivity index (χ0v) is 16.7. The third kappa shape index (κ3) is 3.38. The molecule has 0 spiro atoms. The van der Waals surface area contributed by atoms with Crippen LogP contribution in [0.25, 0.3) is 11.5 Å². The number of benzene rings is 2. The minimum atomic E-state index is -1.14. The molecule has 1 aromatic heterocycles. The number of nitrogens with zero attached hydrogens (tertiary/aromatic N) is 3. The molecular formula is C21H19ClN4O3. The van der Waals surface area contributed by atoms with Gasteiger partial charge in [0, 0.05) is 10.6 Å². The molecule has 1 unspecified atom stereocenters. The molecule has 148 valence electrons. The molecule has 0 bridgehead atoms. The number of imide groups is 1. The molecule has 29 heavy (non-hydrogen) atoms. The van der Waals surface area contributed by atoms with Crippen LogP contribution in [0, 0.1) is 6.92 Å². The molecule has 1 aliphatic rings. The highest BCUT2D eigenvalue weighted by atomic mass is 35.5.